The Kier molecular flexibility index (Phi) is 5.98. The van der Waals surface area contributed by atoms with Crippen molar-refractivity contribution in [3.8, 4) is 0 Å². The smallest absolute Gasteiger partial charge is 0.253 e. The van der Waals surface area contributed by atoms with Crippen LogP contribution in [0.3, 0.4) is 0 Å². The highest BCUT2D eigenvalue weighted by Crippen LogP contribution is 2.46. The molecule has 1 N–H and O–H groups in total. The van der Waals surface area contributed by atoms with E-state index in [0.717, 1.165) is 56.9 Å². The molecule has 4 heteroatoms. The number of aryl methyl sites for hydroxylation is 1. The molecule has 2 aromatic rings. The first-order chi connectivity index (χ1) is 13.7. The van der Waals surface area contributed by atoms with Gasteiger partial charge >= 0.3 is 0 Å². The molecule has 0 aromatic heterocycles. The number of carbonyl (C=O) groups is 1. The molecule has 1 spiro atoms. The SMILES string of the molecule is Cl.O=C(c1ccc(CC2CCNC2)cc1)N1CCC2(CCc3ccccc32)CC1. The maximum absolute atomic E-state index is 13.0. The second-order valence-electron chi connectivity index (χ2n) is 8.99. The fourth-order valence-electron chi connectivity index (χ4n) is 5.61. The highest BCUT2D eigenvalue weighted by Gasteiger charge is 2.41. The number of halogens is 1. The molecule has 154 valence electrons. The fraction of sp³-hybridized carbons (Fsp3) is 0.480. The summed E-state index contributed by atoms with van der Waals surface area (Å²) < 4.78 is 0. The lowest BCUT2D eigenvalue weighted by atomic mass is 9.74. The molecule has 3 aliphatic rings. The van der Waals surface area contributed by atoms with Crippen LogP contribution in [0, 0.1) is 5.92 Å². The topological polar surface area (TPSA) is 32.3 Å². The van der Waals surface area contributed by atoms with Gasteiger partial charge in [0.25, 0.3) is 5.91 Å². The van der Waals surface area contributed by atoms with E-state index in [1.54, 1.807) is 5.56 Å². The Morgan fingerprint density at radius 1 is 1.03 bits per heavy atom. The van der Waals surface area contributed by atoms with Gasteiger partial charge in [-0.1, -0.05) is 36.4 Å². The van der Waals surface area contributed by atoms with Crippen LogP contribution in [0.2, 0.25) is 0 Å². The molecule has 2 heterocycles. The van der Waals surface area contributed by atoms with Crippen LogP contribution >= 0.6 is 12.4 Å². The Bertz CT molecular complexity index is 849. The molecule has 5 rings (SSSR count). The van der Waals surface area contributed by atoms with Crippen molar-refractivity contribution < 1.29 is 4.79 Å². The predicted octanol–water partition coefficient (Wildman–Crippen LogP) is 4.38. The van der Waals surface area contributed by atoms with Crippen LogP contribution in [-0.4, -0.2) is 37.0 Å². The molecule has 2 saturated heterocycles. The largest absolute Gasteiger partial charge is 0.339 e. The number of benzene rings is 2. The lowest BCUT2D eigenvalue weighted by Gasteiger charge is -2.40. The van der Waals surface area contributed by atoms with Crippen molar-refractivity contribution in [2.24, 2.45) is 5.92 Å². The number of fused-ring (bicyclic) bond motifs is 2. The molecule has 2 aromatic carbocycles. The standard InChI is InChI=1S/C25H30N2O.ClH/c28-24(22-7-5-19(6-8-22)17-20-10-14-26-18-20)27-15-12-25(13-16-27)11-9-21-3-1-2-4-23(21)25;/h1-8,20,26H,9-18H2;1H. The van der Waals surface area contributed by atoms with Gasteiger partial charge in [0.2, 0.25) is 0 Å². The van der Waals surface area contributed by atoms with E-state index in [0.29, 0.717) is 5.41 Å². The van der Waals surface area contributed by atoms with Gasteiger partial charge in [-0.15, -0.1) is 12.4 Å². The molecule has 2 aliphatic heterocycles. The summed E-state index contributed by atoms with van der Waals surface area (Å²) in [6, 6.07) is 17.3. The Morgan fingerprint density at radius 3 is 2.52 bits per heavy atom. The van der Waals surface area contributed by atoms with Crippen LogP contribution in [0.5, 0.6) is 0 Å². The summed E-state index contributed by atoms with van der Waals surface area (Å²) in [5, 5.41) is 3.43. The first-order valence-electron chi connectivity index (χ1n) is 10.9. The van der Waals surface area contributed by atoms with Crippen LogP contribution in [-0.2, 0) is 18.3 Å². The van der Waals surface area contributed by atoms with E-state index >= 15 is 0 Å². The number of likely N-dealkylation sites (tertiary alicyclic amines) is 1. The summed E-state index contributed by atoms with van der Waals surface area (Å²) in [5.74, 6) is 0.948. The third-order valence-corrected chi connectivity index (χ3v) is 7.36. The van der Waals surface area contributed by atoms with Crippen molar-refractivity contribution in [2.75, 3.05) is 26.2 Å². The van der Waals surface area contributed by atoms with Crippen LogP contribution in [0.25, 0.3) is 0 Å². The summed E-state index contributed by atoms with van der Waals surface area (Å²) in [5.41, 5.74) is 5.58. The molecule has 1 amide bonds. The number of carbonyl (C=O) groups excluding carboxylic acids is 1. The zero-order valence-corrected chi connectivity index (χ0v) is 17.8. The number of hydrogen-bond acceptors (Lipinski definition) is 2. The molecular weight excluding hydrogens is 380 g/mol. The molecule has 1 aliphatic carbocycles. The van der Waals surface area contributed by atoms with Crippen LogP contribution in [0.4, 0.5) is 0 Å². The van der Waals surface area contributed by atoms with Gasteiger partial charge in [0.15, 0.2) is 0 Å². The van der Waals surface area contributed by atoms with Crippen molar-refractivity contribution in [1.29, 1.82) is 0 Å². The van der Waals surface area contributed by atoms with E-state index in [-0.39, 0.29) is 18.3 Å². The van der Waals surface area contributed by atoms with Crippen LogP contribution in [0.1, 0.15) is 52.7 Å². The van der Waals surface area contributed by atoms with E-state index in [1.807, 2.05) is 12.1 Å². The van der Waals surface area contributed by atoms with Gasteiger partial charge in [-0.05, 0) is 91.8 Å². The summed E-state index contributed by atoms with van der Waals surface area (Å²) in [6.45, 7) is 4.02. The fourth-order valence-corrected chi connectivity index (χ4v) is 5.61. The lowest BCUT2D eigenvalue weighted by molar-refractivity contribution is 0.0666. The minimum absolute atomic E-state index is 0. The first-order valence-corrected chi connectivity index (χ1v) is 10.9. The van der Waals surface area contributed by atoms with Crippen LogP contribution in [0.15, 0.2) is 48.5 Å². The van der Waals surface area contributed by atoms with E-state index < -0.39 is 0 Å². The number of hydrogen-bond donors (Lipinski definition) is 1. The second-order valence-corrected chi connectivity index (χ2v) is 8.99. The molecule has 0 saturated carbocycles. The monoisotopic (exact) mass is 410 g/mol. The Balaban J connectivity index is 0.00000205. The second kappa shape index (κ2) is 8.49. The number of piperidine rings is 1. The Hall–Kier alpha value is -1.84. The Labute approximate surface area is 180 Å². The van der Waals surface area contributed by atoms with Gasteiger partial charge in [-0.3, -0.25) is 4.79 Å². The normalized spacial score (nSPS) is 22.3. The maximum Gasteiger partial charge on any atom is 0.253 e. The van der Waals surface area contributed by atoms with Gasteiger partial charge in [0, 0.05) is 18.7 Å². The molecule has 1 unspecified atom stereocenters. The summed E-state index contributed by atoms with van der Waals surface area (Å²) in [6.07, 6.45) is 7.03. The molecule has 2 fully saturated rings. The molecule has 3 nitrogen and oxygen atoms in total. The number of nitrogens with zero attached hydrogens (tertiary/aromatic N) is 1. The summed E-state index contributed by atoms with van der Waals surface area (Å²) in [4.78, 5) is 15.1. The van der Waals surface area contributed by atoms with Gasteiger partial charge < -0.3 is 10.2 Å². The molecule has 1 atom stereocenters. The van der Waals surface area contributed by atoms with Gasteiger partial charge in [-0.2, -0.15) is 0 Å². The van der Waals surface area contributed by atoms with Gasteiger partial charge in [0.05, 0.1) is 0 Å². The maximum atomic E-state index is 13.0. The average molecular weight is 411 g/mol. The number of rotatable bonds is 3. The highest BCUT2D eigenvalue weighted by molar-refractivity contribution is 5.94. The van der Waals surface area contributed by atoms with Gasteiger partial charge in [-0.25, -0.2) is 0 Å². The highest BCUT2D eigenvalue weighted by atomic mass is 35.5. The van der Waals surface area contributed by atoms with Crippen molar-refractivity contribution in [3.05, 3.63) is 70.8 Å². The van der Waals surface area contributed by atoms with Crippen molar-refractivity contribution in [1.82, 2.24) is 10.2 Å². The quantitative estimate of drug-likeness (QED) is 0.814. The third-order valence-electron chi connectivity index (χ3n) is 7.36. The molecule has 0 radical (unpaired) electrons. The predicted molar refractivity (Wildman–Crippen MR) is 120 cm³/mol. The van der Waals surface area contributed by atoms with Crippen molar-refractivity contribution >= 4 is 18.3 Å². The van der Waals surface area contributed by atoms with E-state index in [2.05, 4.69) is 46.6 Å². The van der Waals surface area contributed by atoms with E-state index in [4.69, 9.17) is 0 Å². The minimum atomic E-state index is 0. The minimum Gasteiger partial charge on any atom is -0.339 e. The first kappa shape index (κ1) is 20.4. The average Bonchev–Trinajstić information content (AvgIpc) is 3.38. The molecular formula is C25H31ClN2O. The zero-order valence-electron chi connectivity index (χ0n) is 17.0. The van der Waals surface area contributed by atoms with E-state index in [1.165, 1.54) is 30.4 Å². The van der Waals surface area contributed by atoms with Crippen molar-refractivity contribution in [3.63, 3.8) is 0 Å². The number of nitrogens with one attached hydrogen (secondary N) is 1. The van der Waals surface area contributed by atoms with Crippen molar-refractivity contribution in [2.45, 2.75) is 43.9 Å². The third kappa shape index (κ3) is 3.95. The lowest BCUT2D eigenvalue weighted by Crippen LogP contribution is -2.44. The molecule has 29 heavy (non-hydrogen) atoms. The molecule has 0 bridgehead atoms. The van der Waals surface area contributed by atoms with Gasteiger partial charge in [0.1, 0.15) is 0 Å². The Morgan fingerprint density at radius 2 is 1.79 bits per heavy atom. The van der Waals surface area contributed by atoms with E-state index in [9.17, 15) is 4.79 Å². The summed E-state index contributed by atoms with van der Waals surface area (Å²) in [7, 11) is 0. The summed E-state index contributed by atoms with van der Waals surface area (Å²) >= 11 is 0. The zero-order chi connectivity index (χ0) is 19.0. The van der Waals surface area contributed by atoms with Crippen LogP contribution < -0.4 is 5.32 Å². The number of amides is 1.